The van der Waals surface area contributed by atoms with Crippen LogP contribution in [0.5, 0.6) is 0 Å². The Kier molecular flexibility index (Phi) is 4.71. The van der Waals surface area contributed by atoms with E-state index in [0.717, 1.165) is 45.0 Å². The Morgan fingerprint density at radius 1 is 1.13 bits per heavy atom. The molecule has 0 N–H and O–H groups in total. The number of amides is 1. The first-order chi connectivity index (χ1) is 11.1. The van der Waals surface area contributed by atoms with Crippen molar-refractivity contribution in [1.29, 1.82) is 0 Å². The lowest BCUT2D eigenvalue weighted by atomic mass is 10.2. The SMILES string of the molecule is Cc1cc(C)n(CCN2CCN(C(=O)c3ccccn3)CC2)n1. The lowest BCUT2D eigenvalue weighted by Gasteiger charge is -2.34. The van der Waals surface area contributed by atoms with Crippen LogP contribution in [-0.2, 0) is 6.54 Å². The van der Waals surface area contributed by atoms with Gasteiger partial charge in [-0.1, -0.05) is 6.07 Å². The molecule has 1 aliphatic heterocycles. The summed E-state index contributed by atoms with van der Waals surface area (Å²) in [6, 6.07) is 7.56. The van der Waals surface area contributed by atoms with Crippen LogP contribution in [-0.4, -0.2) is 63.2 Å². The minimum absolute atomic E-state index is 0.0313. The van der Waals surface area contributed by atoms with Crippen molar-refractivity contribution in [2.45, 2.75) is 20.4 Å². The number of aromatic nitrogens is 3. The lowest BCUT2D eigenvalue weighted by Crippen LogP contribution is -2.49. The number of rotatable bonds is 4. The first-order valence-corrected chi connectivity index (χ1v) is 8.07. The predicted octanol–water partition coefficient (Wildman–Crippen LogP) is 1.35. The number of hydrogen-bond acceptors (Lipinski definition) is 4. The van der Waals surface area contributed by atoms with Gasteiger partial charge < -0.3 is 4.90 Å². The highest BCUT2D eigenvalue weighted by atomic mass is 16.2. The number of aryl methyl sites for hydroxylation is 2. The van der Waals surface area contributed by atoms with Gasteiger partial charge in [0.05, 0.1) is 12.2 Å². The third kappa shape index (κ3) is 3.76. The summed E-state index contributed by atoms with van der Waals surface area (Å²) in [5, 5.41) is 4.49. The van der Waals surface area contributed by atoms with E-state index >= 15 is 0 Å². The summed E-state index contributed by atoms with van der Waals surface area (Å²) in [5.74, 6) is 0.0313. The van der Waals surface area contributed by atoms with Crippen LogP contribution in [0.1, 0.15) is 21.9 Å². The van der Waals surface area contributed by atoms with Crippen molar-refractivity contribution in [3.63, 3.8) is 0 Å². The van der Waals surface area contributed by atoms with Gasteiger partial charge in [-0.05, 0) is 32.0 Å². The Morgan fingerprint density at radius 3 is 2.52 bits per heavy atom. The molecule has 0 bridgehead atoms. The molecule has 0 unspecified atom stereocenters. The summed E-state index contributed by atoms with van der Waals surface area (Å²) >= 11 is 0. The highest BCUT2D eigenvalue weighted by Gasteiger charge is 2.22. The van der Waals surface area contributed by atoms with Crippen molar-refractivity contribution in [2.24, 2.45) is 0 Å². The molecule has 6 heteroatoms. The predicted molar refractivity (Wildman–Crippen MR) is 88.3 cm³/mol. The normalized spacial score (nSPS) is 15.8. The monoisotopic (exact) mass is 313 g/mol. The van der Waals surface area contributed by atoms with E-state index in [9.17, 15) is 4.79 Å². The molecule has 1 amide bonds. The van der Waals surface area contributed by atoms with Crippen LogP contribution in [0.3, 0.4) is 0 Å². The first kappa shape index (κ1) is 15.7. The van der Waals surface area contributed by atoms with Gasteiger partial charge in [-0.25, -0.2) is 0 Å². The second kappa shape index (κ2) is 6.91. The molecule has 0 spiro atoms. The molecule has 6 nitrogen and oxygen atoms in total. The maximum Gasteiger partial charge on any atom is 0.272 e. The third-order valence-corrected chi connectivity index (χ3v) is 4.27. The Balaban J connectivity index is 1.49. The molecule has 0 saturated carbocycles. The smallest absolute Gasteiger partial charge is 0.272 e. The Hall–Kier alpha value is -2.21. The van der Waals surface area contributed by atoms with Gasteiger partial charge in [-0.3, -0.25) is 19.4 Å². The zero-order valence-electron chi connectivity index (χ0n) is 13.8. The van der Waals surface area contributed by atoms with E-state index in [1.165, 1.54) is 5.69 Å². The number of piperazine rings is 1. The van der Waals surface area contributed by atoms with Crippen LogP contribution in [0.25, 0.3) is 0 Å². The summed E-state index contributed by atoms with van der Waals surface area (Å²) < 4.78 is 2.06. The minimum Gasteiger partial charge on any atom is -0.335 e. The first-order valence-electron chi connectivity index (χ1n) is 8.07. The lowest BCUT2D eigenvalue weighted by molar-refractivity contribution is 0.0626. The fourth-order valence-electron chi connectivity index (χ4n) is 2.96. The van der Waals surface area contributed by atoms with Crippen LogP contribution in [0.2, 0.25) is 0 Å². The molecule has 0 aliphatic carbocycles. The van der Waals surface area contributed by atoms with Crippen molar-refractivity contribution >= 4 is 5.91 Å². The summed E-state index contributed by atoms with van der Waals surface area (Å²) in [7, 11) is 0. The van der Waals surface area contributed by atoms with Gasteiger partial charge >= 0.3 is 0 Å². The van der Waals surface area contributed by atoms with Gasteiger partial charge in [0.1, 0.15) is 5.69 Å². The number of hydrogen-bond donors (Lipinski definition) is 0. The topological polar surface area (TPSA) is 54.3 Å². The van der Waals surface area contributed by atoms with E-state index in [4.69, 9.17) is 0 Å². The summed E-state index contributed by atoms with van der Waals surface area (Å²) in [6.07, 6.45) is 1.66. The molecular formula is C17H23N5O. The van der Waals surface area contributed by atoms with Gasteiger partial charge in [0.15, 0.2) is 0 Å². The standard InChI is InChI=1S/C17H23N5O/c1-14-13-15(2)22(19-14)12-9-20-7-10-21(11-8-20)17(23)16-5-3-4-6-18-16/h3-6,13H,7-12H2,1-2H3. The highest BCUT2D eigenvalue weighted by molar-refractivity contribution is 5.92. The molecule has 122 valence electrons. The molecular weight excluding hydrogens is 290 g/mol. The second-order valence-corrected chi connectivity index (χ2v) is 6.00. The summed E-state index contributed by atoms with van der Waals surface area (Å²) in [6.45, 7) is 9.28. The molecule has 23 heavy (non-hydrogen) atoms. The molecule has 0 aromatic carbocycles. The average molecular weight is 313 g/mol. The maximum atomic E-state index is 12.4. The molecule has 2 aromatic heterocycles. The van der Waals surface area contributed by atoms with E-state index in [1.54, 1.807) is 12.3 Å². The molecule has 1 aliphatic rings. The van der Waals surface area contributed by atoms with E-state index in [0.29, 0.717) is 5.69 Å². The van der Waals surface area contributed by atoms with E-state index in [2.05, 4.69) is 32.7 Å². The van der Waals surface area contributed by atoms with Crippen LogP contribution in [0.4, 0.5) is 0 Å². The van der Waals surface area contributed by atoms with Crippen LogP contribution >= 0.6 is 0 Å². The Labute approximate surface area is 136 Å². The van der Waals surface area contributed by atoms with Crippen molar-refractivity contribution in [3.8, 4) is 0 Å². The second-order valence-electron chi connectivity index (χ2n) is 6.00. The number of carbonyl (C=O) groups excluding carboxylic acids is 1. The average Bonchev–Trinajstić information content (AvgIpc) is 2.91. The molecule has 3 rings (SSSR count). The van der Waals surface area contributed by atoms with E-state index in [-0.39, 0.29) is 5.91 Å². The molecule has 1 fully saturated rings. The molecule has 0 atom stereocenters. The fourth-order valence-corrected chi connectivity index (χ4v) is 2.96. The van der Waals surface area contributed by atoms with Crippen molar-refractivity contribution < 1.29 is 4.79 Å². The number of carbonyl (C=O) groups is 1. The van der Waals surface area contributed by atoms with Gasteiger partial charge in [0, 0.05) is 44.6 Å². The zero-order chi connectivity index (χ0) is 16.2. The van der Waals surface area contributed by atoms with E-state index < -0.39 is 0 Å². The van der Waals surface area contributed by atoms with Gasteiger partial charge in [-0.15, -0.1) is 0 Å². The Morgan fingerprint density at radius 2 is 1.91 bits per heavy atom. The van der Waals surface area contributed by atoms with Gasteiger partial charge in [0.2, 0.25) is 0 Å². The van der Waals surface area contributed by atoms with Crippen LogP contribution in [0, 0.1) is 13.8 Å². The van der Waals surface area contributed by atoms with Crippen molar-refractivity contribution in [2.75, 3.05) is 32.7 Å². The van der Waals surface area contributed by atoms with Crippen LogP contribution in [0.15, 0.2) is 30.5 Å². The highest BCUT2D eigenvalue weighted by Crippen LogP contribution is 2.08. The molecule has 3 heterocycles. The Bertz CT molecular complexity index is 659. The third-order valence-electron chi connectivity index (χ3n) is 4.27. The summed E-state index contributed by atoms with van der Waals surface area (Å²) in [4.78, 5) is 20.8. The zero-order valence-corrected chi connectivity index (χ0v) is 13.8. The minimum atomic E-state index is 0.0313. The summed E-state index contributed by atoms with van der Waals surface area (Å²) in [5.41, 5.74) is 2.79. The van der Waals surface area contributed by atoms with Gasteiger partial charge in [-0.2, -0.15) is 5.10 Å². The quantitative estimate of drug-likeness (QED) is 0.855. The number of pyridine rings is 1. The maximum absolute atomic E-state index is 12.4. The van der Waals surface area contributed by atoms with E-state index in [1.807, 2.05) is 24.0 Å². The van der Waals surface area contributed by atoms with Crippen molar-refractivity contribution in [1.82, 2.24) is 24.6 Å². The van der Waals surface area contributed by atoms with Gasteiger partial charge in [0.25, 0.3) is 5.91 Å². The molecule has 0 radical (unpaired) electrons. The van der Waals surface area contributed by atoms with Crippen LogP contribution < -0.4 is 0 Å². The molecule has 1 saturated heterocycles. The van der Waals surface area contributed by atoms with Crippen molar-refractivity contribution in [3.05, 3.63) is 47.5 Å². The largest absolute Gasteiger partial charge is 0.335 e. The number of nitrogens with zero attached hydrogens (tertiary/aromatic N) is 5. The molecule has 2 aromatic rings. The fraction of sp³-hybridized carbons (Fsp3) is 0.471.